The van der Waals surface area contributed by atoms with Gasteiger partial charge in [0.1, 0.15) is 11.3 Å². The Hall–Kier alpha value is -4.14. The Bertz CT molecular complexity index is 1470. The first-order valence-corrected chi connectivity index (χ1v) is 11.9. The van der Waals surface area contributed by atoms with Crippen LogP contribution in [0.5, 0.6) is 5.75 Å². The van der Waals surface area contributed by atoms with E-state index in [2.05, 4.69) is 10.6 Å². The number of nitrogens with zero attached hydrogens (tertiary/aromatic N) is 1. The highest BCUT2D eigenvalue weighted by atomic mass is 35.5. The quantitative estimate of drug-likeness (QED) is 0.328. The second kappa shape index (κ2) is 10.9. The number of anilines is 2. The van der Waals surface area contributed by atoms with E-state index in [0.29, 0.717) is 21.8 Å². The van der Waals surface area contributed by atoms with Gasteiger partial charge in [0.25, 0.3) is 17.7 Å². The van der Waals surface area contributed by atoms with Crippen LogP contribution >= 0.6 is 23.2 Å². The Balaban J connectivity index is 1.51. The van der Waals surface area contributed by atoms with E-state index in [1.54, 1.807) is 37.3 Å². The van der Waals surface area contributed by atoms with Crippen molar-refractivity contribution in [3.8, 4) is 5.75 Å². The maximum Gasteiger partial charge on any atom is 0.335 e. The number of carbonyl (C=O) groups is 4. The molecule has 0 unspecified atom stereocenters. The highest BCUT2D eigenvalue weighted by Gasteiger charge is 2.37. The summed E-state index contributed by atoms with van der Waals surface area (Å²) in [6.07, 6.45) is 1.32. The molecule has 2 N–H and O–H groups in total. The second-order valence-corrected chi connectivity index (χ2v) is 9.00. The van der Waals surface area contributed by atoms with Crippen LogP contribution in [0.15, 0.2) is 66.2 Å². The van der Waals surface area contributed by atoms with Gasteiger partial charge in [0.05, 0.1) is 10.7 Å². The average molecular weight is 538 g/mol. The molecule has 0 bridgehead atoms. The lowest BCUT2D eigenvalue weighted by atomic mass is 10.1. The van der Waals surface area contributed by atoms with Gasteiger partial charge in [0, 0.05) is 10.7 Å². The van der Waals surface area contributed by atoms with Crippen molar-refractivity contribution < 1.29 is 23.9 Å². The van der Waals surface area contributed by atoms with Gasteiger partial charge in [-0.3, -0.25) is 19.7 Å². The maximum absolute atomic E-state index is 13.1. The minimum atomic E-state index is -0.872. The number of para-hydroxylation sites is 1. The number of urea groups is 1. The molecule has 3 aromatic carbocycles. The molecule has 0 aliphatic carbocycles. The molecule has 1 aliphatic rings. The summed E-state index contributed by atoms with van der Waals surface area (Å²) in [5.74, 6) is -1.75. The van der Waals surface area contributed by atoms with Crippen LogP contribution in [0.1, 0.15) is 16.7 Å². The van der Waals surface area contributed by atoms with Crippen LogP contribution in [-0.4, -0.2) is 30.4 Å². The molecule has 1 fully saturated rings. The number of aryl methyl sites for hydroxylation is 1. The first-order chi connectivity index (χ1) is 17.7. The summed E-state index contributed by atoms with van der Waals surface area (Å²) in [6, 6.07) is 15.8. The fraction of sp³-hybridized carbons (Fsp3) is 0.111. The Kier molecular flexibility index (Phi) is 7.61. The summed E-state index contributed by atoms with van der Waals surface area (Å²) in [4.78, 5) is 51.2. The molecular weight excluding hydrogens is 517 g/mol. The largest absolute Gasteiger partial charge is 0.482 e. The van der Waals surface area contributed by atoms with Gasteiger partial charge in [-0.1, -0.05) is 53.5 Å². The average Bonchev–Trinajstić information content (AvgIpc) is 2.85. The number of hydrogen-bond donors (Lipinski definition) is 2. The first kappa shape index (κ1) is 25.9. The summed E-state index contributed by atoms with van der Waals surface area (Å²) in [5, 5.41) is 5.47. The molecule has 5 amide bonds. The van der Waals surface area contributed by atoms with Crippen molar-refractivity contribution in [3.63, 3.8) is 0 Å². The Morgan fingerprint density at radius 3 is 2.49 bits per heavy atom. The number of ether oxygens (including phenoxy) is 1. The lowest BCUT2D eigenvalue weighted by molar-refractivity contribution is -0.122. The zero-order valence-electron chi connectivity index (χ0n) is 19.8. The van der Waals surface area contributed by atoms with Gasteiger partial charge >= 0.3 is 6.03 Å². The minimum Gasteiger partial charge on any atom is -0.482 e. The lowest BCUT2D eigenvalue weighted by Crippen LogP contribution is -2.54. The van der Waals surface area contributed by atoms with E-state index < -0.39 is 17.8 Å². The molecule has 4 rings (SSSR count). The van der Waals surface area contributed by atoms with Crippen molar-refractivity contribution in [2.75, 3.05) is 16.8 Å². The normalized spacial score (nSPS) is 14.5. The van der Waals surface area contributed by atoms with Gasteiger partial charge in [-0.05, 0) is 66.9 Å². The Morgan fingerprint density at radius 2 is 1.76 bits per heavy atom. The van der Waals surface area contributed by atoms with Crippen molar-refractivity contribution in [3.05, 3.63) is 93.0 Å². The zero-order valence-corrected chi connectivity index (χ0v) is 21.3. The number of barbiturate groups is 1. The van der Waals surface area contributed by atoms with E-state index in [-0.39, 0.29) is 34.5 Å². The zero-order chi connectivity index (χ0) is 26.7. The van der Waals surface area contributed by atoms with Gasteiger partial charge in [-0.2, -0.15) is 0 Å². The molecule has 1 aliphatic heterocycles. The predicted molar refractivity (Wildman–Crippen MR) is 142 cm³/mol. The number of carbonyl (C=O) groups excluding carboxylic acids is 4. The van der Waals surface area contributed by atoms with Crippen molar-refractivity contribution in [1.29, 1.82) is 0 Å². The van der Waals surface area contributed by atoms with Crippen LogP contribution in [0.4, 0.5) is 16.2 Å². The Labute approximate surface area is 222 Å². The molecule has 188 valence electrons. The molecule has 0 spiro atoms. The fourth-order valence-corrected chi connectivity index (χ4v) is 4.06. The van der Waals surface area contributed by atoms with E-state index in [1.165, 1.54) is 18.2 Å². The summed E-state index contributed by atoms with van der Waals surface area (Å²) in [6.45, 7) is 3.27. The second-order valence-electron chi connectivity index (χ2n) is 8.18. The third-order valence-electron chi connectivity index (χ3n) is 5.63. The van der Waals surface area contributed by atoms with Gasteiger partial charge in [-0.15, -0.1) is 0 Å². The first-order valence-electron chi connectivity index (χ1n) is 11.1. The van der Waals surface area contributed by atoms with Crippen molar-refractivity contribution in [1.82, 2.24) is 5.32 Å². The van der Waals surface area contributed by atoms with Gasteiger partial charge < -0.3 is 10.1 Å². The molecule has 3 aromatic rings. The van der Waals surface area contributed by atoms with Crippen LogP contribution in [-0.2, 0) is 14.4 Å². The van der Waals surface area contributed by atoms with Gasteiger partial charge in [0.2, 0.25) is 0 Å². The summed E-state index contributed by atoms with van der Waals surface area (Å²) in [7, 11) is 0. The number of halogens is 2. The van der Waals surface area contributed by atoms with E-state index >= 15 is 0 Å². The number of amides is 5. The van der Waals surface area contributed by atoms with E-state index in [1.807, 2.05) is 25.1 Å². The van der Waals surface area contributed by atoms with Crippen LogP contribution in [0, 0.1) is 13.8 Å². The van der Waals surface area contributed by atoms with Crippen molar-refractivity contribution in [2.45, 2.75) is 13.8 Å². The number of hydrogen-bond acceptors (Lipinski definition) is 5. The molecule has 10 heteroatoms. The molecule has 0 saturated carbocycles. The monoisotopic (exact) mass is 537 g/mol. The number of imide groups is 2. The SMILES string of the molecule is Cc1ccccc1NC(=O)COc1ccc(/C=C2/C(=O)NC(=O)N(c3cccc(Cl)c3C)C2=O)cc1Cl. The highest BCUT2D eigenvalue weighted by molar-refractivity contribution is 6.40. The molecule has 1 heterocycles. The molecule has 1 saturated heterocycles. The number of benzene rings is 3. The molecule has 0 aromatic heterocycles. The fourth-order valence-electron chi connectivity index (χ4n) is 3.65. The van der Waals surface area contributed by atoms with Gasteiger partial charge in [-0.25, -0.2) is 9.69 Å². The maximum atomic E-state index is 13.1. The molecule has 37 heavy (non-hydrogen) atoms. The standard InChI is InChI=1S/C27H21Cl2N3O5/c1-15-6-3-4-8-21(15)30-24(33)14-37-23-11-10-17(13-20(23)29)12-18-25(34)31-27(36)32(26(18)35)22-9-5-7-19(28)16(22)2/h3-13H,14H2,1-2H3,(H,30,33)(H,31,34,36)/b18-12-. The topological polar surface area (TPSA) is 105 Å². The smallest absolute Gasteiger partial charge is 0.335 e. The van der Waals surface area contributed by atoms with Crippen molar-refractivity contribution in [2.24, 2.45) is 0 Å². The van der Waals surface area contributed by atoms with Crippen LogP contribution in [0.3, 0.4) is 0 Å². The molecule has 0 radical (unpaired) electrons. The van der Waals surface area contributed by atoms with Crippen LogP contribution in [0.25, 0.3) is 6.08 Å². The van der Waals surface area contributed by atoms with Crippen molar-refractivity contribution >= 4 is 64.4 Å². The summed E-state index contributed by atoms with van der Waals surface area (Å²) >= 11 is 12.5. The molecular formula is C27H21Cl2N3O5. The lowest BCUT2D eigenvalue weighted by Gasteiger charge is -2.27. The van der Waals surface area contributed by atoms with Crippen LogP contribution in [0.2, 0.25) is 10.0 Å². The van der Waals surface area contributed by atoms with Crippen LogP contribution < -0.4 is 20.3 Å². The summed E-state index contributed by atoms with van der Waals surface area (Å²) < 4.78 is 5.53. The highest BCUT2D eigenvalue weighted by Crippen LogP contribution is 2.31. The van der Waals surface area contributed by atoms with E-state index in [9.17, 15) is 19.2 Å². The summed E-state index contributed by atoms with van der Waals surface area (Å²) in [5.41, 5.74) is 2.52. The van der Waals surface area contributed by atoms with E-state index in [0.717, 1.165) is 10.5 Å². The Morgan fingerprint density at radius 1 is 1.00 bits per heavy atom. The van der Waals surface area contributed by atoms with E-state index in [4.69, 9.17) is 27.9 Å². The minimum absolute atomic E-state index is 0.167. The number of nitrogens with one attached hydrogen (secondary N) is 2. The number of rotatable bonds is 6. The predicted octanol–water partition coefficient (Wildman–Crippen LogP) is 5.29. The third-order valence-corrected chi connectivity index (χ3v) is 6.33. The molecule has 0 atom stereocenters. The van der Waals surface area contributed by atoms with Gasteiger partial charge in [0.15, 0.2) is 6.61 Å². The molecule has 8 nitrogen and oxygen atoms in total. The third kappa shape index (κ3) is 5.66.